The van der Waals surface area contributed by atoms with Gasteiger partial charge in [-0.1, -0.05) is 19.3 Å². The first-order valence-corrected chi connectivity index (χ1v) is 13.0. The Kier molecular flexibility index (Phi) is 8.73. The van der Waals surface area contributed by atoms with Crippen molar-refractivity contribution in [2.24, 2.45) is 5.92 Å². The fourth-order valence-corrected chi connectivity index (χ4v) is 5.34. The van der Waals surface area contributed by atoms with Crippen LogP contribution in [0.3, 0.4) is 0 Å². The molecule has 2 aliphatic rings. The lowest BCUT2D eigenvalue weighted by atomic mass is 9.85. The fourth-order valence-electron chi connectivity index (χ4n) is 5.34. The second kappa shape index (κ2) is 12.2. The minimum Gasteiger partial charge on any atom is -0.493 e. The predicted octanol–water partition coefficient (Wildman–Crippen LogP) is 5.36. The van der Waals surface area contributed by atoms with E-state index in [1.165, 1.54) is 19.3 Å². The molecule has 0 N–H and O–H groups in total. The Balaban J connectivity index is 1.56. The Morgan fingerprint density at radius 1 is 0.972 bits per heavy atom. The molecule has 1 heterocycles. The predicted molar refractivity (Wildman–Crippen MR) is 137 cm³/mol. The number of ether oxygens (including phenoxy) is 4. The smallest absolute Gasteiger partial charge is 0.338 e. The van der Waals surface area contributed by atoms with E-state index in [2.05, 4.69) is 0 Å². The summed E-state index contributed by atoms with van der Waals surface area (Å²) in [4.78, 5) is 27.5. The number of methoxy groups -OCH3 is 2. The number of fused-ring (bicyclic) bond motifs is 1. The van der Waals surface area contributed by atoms with Crippen LogP contribution in [0.25, 0.3) is 0 Å². The van der Waals surface area contributed by atoms with Crippen LogP contribution < -0.4 is 14.2 Å². The van der Waals surface area contributed by atoms with Gasteiger partial charge in [0.25, 0.3) is 0 Å². The molecule has 4 rings (SSSR count). The van der Waals surface area contributed by atoms with Crippen LogP contribution >= 0.6 is 0 Å². The van der Waals surface area contributed by atoms with Gasteiger partial charge in [0.1, 0.15) is 12.4 Å². The van der Waals surface area contributed by atoms with Crippen molar-refractivity contribution in [2.45, 2.75) is 57.9 Å². The quantitative estimate of drug-likeness (QED) is 0.436. The van der Waals surface area contributed by atoms with Gasteiger partial charge in [-0.3, -0.25) is 4.79 Å². The maximum Gasteiger partial charge on any atom is 0.338 e. The van der Waals surface area contributed by atoms with Gasteiger partial charge in [0.05, 0.1) is 32.4 Å². The van der Waals surface area contributed by atoms with Crippen molar-refractivity contribution < 1.29 is 28.5 Å². The van der Waals surface area contributed by atoms with Crippen molar-refractivity contribution >= 4 is 11.9 Å². The number of benzene rings is 2. The van der Waals surface area contributed by atoms with E-state index in [1.807, 2.05) is 17.0 Å². The molecule has 1 saturated carbocycles. The van der Waals surface area contributed by atoms with Crippen molar-refractivity contribution in [2.75, 3.05) is 34.0 Å². The van der Waals surface area contributed by atoms with Crippen LogP contribution in [-0.4, -0.2) is 50.8 Å². The molecule has 0 unspecified atom stereocenters. The van der Waals surface area contributed by atoms with Gasteiger partial charge in [-0.05, 0) is 79.6 Å². The van der Waals surface area contributed by atoms with Crippen molar-refractivity contribution in [3.63, 3.8) is 0 Å². The third-order valence-corrected chi connectivity index (χ3v) is 7.28. The van der Waals surface area contributed by atoms with E-state index in [4.69, 9.17) is 18.9 Å². The second-order valence-electron chi connectivity index (χ2n) is 9.52. The SMILES string of the molecule is CCOC(=O)c1ccc(OC[C@H]2c3cc(OC)c(OC)cc3CCN2C(=O)CC2CCCCC2)cc1. The van der Waals surface area contributed by atoms with Crippen LogP contribution in [0.1, 0.15) is 73.0 Å². The van der Waals surface area contributed by atoms with Gasteiger partial charge in [-0.15, -0.1) is 0 Å². The lowest BCUT2D eigenvalue weighted by molar-refractivity contribution is -0.136. The number of amides is 1. The Morgan fingerprint density at radius 2 is 1.67 bits per heavy atom. The van der Waals surface area contributed by atoms with E-state index in [9.17, 15) is 9.59 Å². The van der Waals surface area contributed by atoms with Gasteiger partial charge >= 0.3 is 5.97 Å². The molecule has 0 spiro atoms. The summed E-state index contributed by atoms with van der Waals surface area (Å²) >= 11 is 0. The van der Waals surface area contributed by atoms with Crippen molar-refractivity contribution in [1.82, 2.24) is 4.90 Å². The summed E-state index contributed by atoms with van der Waals surface area (Å²) in [6, 6.07) is 10.7. The topological polar surface area (TPSA) is 74.3 Å². The highest BCUT2D eigenvalue weighted by atomic mass is 16.5. The fraction of sp³-hybridized carbons (Fsp3) is 0.517. The maximum atomic E-state index is 13.5. The van der Waals surface area contributed by atoms with Crippen LogP contribution in [-0.2, 0) is 16.0 Å². The van der Waals surface area contributed by atoms with Gasteiger partial charge in [0, 0.05) is 13.0 Å². The average molecular weight is 496 g/mol. The molecule has 1 aliphatic heterocycles. The van der Waals surface area contributed by atoms with Crippen molar-refractivity contribution in [3.05, 3.63) is 53.1 Å². The zero-order chi connectivity index (χ0) is 25.5. The van der Waals surface area contributed by atoms with E-state index < -0.39 is 0 Å². The van der Waals surface area contributed by atoms with Gasteiger partial charge in [0.15, 0.2) is 11.5 Å². The van der Waals surface area contributed by atoms with Crippen molar-refractivity contribution in [3.8, 4) is 17.2 Å². The van der Waals surface area contributed by atoms with E-state index in [0.717, 1.165) is 30.4 Å². The highest BCUT2D eigenvalue weighted by Crippen LogP contribution is 2.39. The minimum absolute atomic E-state index is 0.189. The molecule has 1 aliphatic carbocycles. The zero-order valence-corrected chi connectivity index (χ0v) is 21.6. The van der Waals surface area contributed by atoms with Gasteiger partial charge < -0.3 is 23.8 Å². The molecule has 0 aromatic heterocycles. The molecule has 1 amide bonds. The Labute approximate surface area is 213 Å². The Bertz CT molecular complexity index is 1040. The summed E-state index contributed by atoms with van der Waals surface area (Å²) in [6.45, 7) is 3.06. The molecule has 0 radical (unpaired) electrons. The van der Waals surface area contributed by atoms with Gasteiger partial charge in [0.2, 0.25) is 5.91 Å². The third kappa shape index (κ3) is 5.94. The Morgan fingerprint density at radius 3 is 2.33 bits per heavy atom. The molecule has 2 aromatic carbocycles. The number of rotatable bonds is 9. The summed E-state index contributed by atoms with van der Waals surface area (Å²) in [6.07, 6.45) is 7.32. The lowest BCUT2D eigenvalue weighted by Gasteiger charge is -2.38. The third-order valence-electron chi connectivity index (χ3n) is 7.28. The molecule has 7 nitrogen and oxygen atoms in total. The summed E-state index contributed by atoms with van der Waals surface area (Å²) in [5.41, 5.74) is 2.65. The number of hydrogen-bond donors (Lipinski definition) is 0. The zero-order valence-electron chi connectivity index (χ0n) is 21.6. The molecule has 0 saturated heterocycles. The van der Waals surface area contributed by atoms with E-state index in [-0.39, 0.29) is 17.9 Å². The average Bonchev–Trinajstić information content (AvgIpc) is 2.91. The van der Waals surface area contributed by atoms with E-state index in [0.29, 0.717) is 54.9 Å². The van der Waals surface area contributed by atoms with Gasteiger partial charge in [-0.2, -0.15) is 0 Å². The molecular formula is C29H37NO6. The number of nitrogens with zero attached hydrogens (tertiary/aromatic N) is 1. The highest BCUT2D eigenvalue weighted by molar-refractivity contribution is 5.89. The second-order valence-corrected chi connectivity index (χ2v) is 9.52. The molecule has 1 atom stereocenters. The van der Waals surface area contributed by atoms with Crippen LogP contribution in [0.4, 0.5) is 0 Å². The number of carbonyl (C=O) groups is 2. The first-order valence-electron chi connectivity index (χ1n) is 13.0. The molecule has 2 aromatic rings. The number of hydrogen-bond acceptors (Lipinski definition) is 6. The van der Waals surface area contributed by atoms with Gasteiger partial charge in [-0.25, -0.2) is 4.79 Å². The standard InChI is InChI=1S/C29H37NO6/c1-4-35-29(32)21-10-12-23(13-11-21)36-19-25-24-18-27(34-3)26(33-2)17-22(24)14-15-30(25)28(31)16-20-8-6-5-7-9-20/h10-13,17-18,20,25H,4-9,14-16,19H2,1-3H3/t25-/m0/s1. The lowest BCUT2D eigenvalue weighted by Crippen LogP contribution is -2.43. The first-order chi connectivity index (χ1) is 17.5. The number of esters is 1. The van der Waals surface area contributed by atoms with E-state index >= 15 is 0 Å². The van der Waals surface area contributed by atoms with Crippen molar-refractivity contribution in [1.29, 1.82) is 0 Å². The molecule has 1 fully saturated rings. The van der Waals surface area contributed by atoms with Crippen LogP contribution in [0.2, 0.25) is 0 Å². The monoisotopic (exact) mass is 495 g/mol. The molecule has 194 valence electrons. The van der Waals surface area contributed by atoms with E-state index in [1.54, 1.807) is 45.4 Å². The molecule has 7 heteroatoms. The molecular weight excluding hydrogens is 458 g/mol. The molecule has 0 bridgehead atoms. The number of carbonyl (C=O) groups excluding carboxylic acids is 2. The highest BCUT2D eigenvalue weighted by Gasteiger charge is 2.34. The summed E-state index contributed by atoms with van der Waals surface area (Å²) < 4.78 is 22.3. The molecule has 36 heavy (non-hydrogen) atoms. The Hall–Kier alpha value is -3.22. The summed E-state index contributed by atoms with van der Waals surface area (Å²) in [7, 11) is 3.25. The summed E-state index contributed by atoms with van der Waals surface area (Å²) in [5, 5.41) is 0. The van der Waals surface area contributed by atoms with Crippen LogP contribution in [0.5, 0.6) is 17.2 Å². The maximum absolute atomic E-state index is 13.5. The minimum atomic E-state index is -0.356. The summed E-state index contributed by atoms with van der Waals surface area (Å²) in [5.74, 6) is 2.26. The first kappa shape index (κ1) is 25.9. The normalized spacial score (nSPS) is 17.8. The van der Waals surface area contributed by atoms with Crippen LogP contribution in [0, 0.1) is 5.92 Å². The van der Waals surface area contributed by atoms with Crippen LogP contribution in [0.15, 0.2) is 36.4 Å². The largest absolute Gasteiger partial charge is 0.493 e.